The molecule has 2 aromatic heterocycles. The summed E-state index contributed by atoms with van der Waals surface area (Å²) in [5.74, 6) is -3.98. The Kier molecular flexibility index (Phi) is 19.4. The molecule has 4 aromatic carbocycles. The average Bonchev–Trinajstić information content (AvgIpc) is 4.07. The van der Waals surface area contributed by atoms with E-state index in [9.17, 15) is 52.9 Å². The first-order valence-corrected chi connectivity index (χ1v) is 29.4. The van der Waals surface area contributed by atoms with Crippen LogP contribution in [0.1, 0.15) is 148 Å². The number of hydrogen-bond acceptors (Lipinski definition) is 12. The molecule has 0 radical (unpaired) electrons. The number of nitrogens with two attached hydrogens (primary N) is 1. The molecular weight excluding hydrogens is 1070 g/mol. The largest absolute Gasteiger partial charge is 0.541 e. The fourth-order valence-corrected chi connectivity index (χ4v) is 16.1. The van der Waals surface area contributed by atoms with Gasteiger partial charge in [0.25, 0.3) is 20.1 Å². The third-order valence-corrected chi connectivity index (χ3v) is 20.8. The number of carbonyl (C=O) groups excluding carboxylic acids is 4. The zero-order valence-corrected chi connectivity index (χ0v) is 50.2. The van der Waals surface area contributed by atoms with E-state index in [1.54, 1.807) is 89.4 Å². The second-order valence-electron chi connectivity index (χ2n) is 23.6. The summed E-state index contributed by atoms with van der Waals surface area (Å²) in [5.41, 5.74) is 11.0. The highest BCUT2D eigenvalue weighted by Crippen LogP contribution is 2.48. The van der Waals surface area contributed by atoms with E-state index in [4.69, 9.17) is 19.9 Å². The molecule has 6 N–H and O–H groups in total. The molecule has 4 heterocycles. The number of aromatic hydroxyl groups is 1. The van der Waals surface area contributed by atoms with Crippen molar-refractivity contribution in [1.82, 2.24) is 25.1 Å². The van der Waals surface area contributed by atoms with Gasteiger partial charge in [0.2, 0.25) is 5.91 Å². The van der Waals surface area contributed by atoms with Crippen LogP contribution in [0.2, 0.25) is 16.6 Å². The highest BCUT2D eigenvalue weighted by molar-refractivity contribution is 6.78. The minimum absolute atomic E-state index is 0.0877. The molecule has 17 nitrogen and oxygen atoms in total. The highest BCUT2D eigenvalue weighted by atomic mass is 28.4. The summed E-state index contributed by atoms with van der Waals surface area (Å²) in [6.07, 6.45) is 3.78. The van der Waals surface area contributed by atoms with Crippen molar-refractivity contribution in [3.63, 3.8) is 0 Å². The number of carboxylic acid groups (broad SMARTS) is 2. The number of phenols is 1. The number of benzene rings is 4. The number of esters is 1. The predicted molar refractivity (Wildman–Crippen MR) is 311 cm³/mol. The lowest BCUT2D eigenvalue weighted by Crippen LogP contribution is -2.51. The van der Waals surface area contributed by atoms with Gasteiger partial charge in [-0.2, -0.15) is 0 Å². The number of amides is 3. The van der Waals surface area contributed by atoms with Crippen LogP contribution in [0.15, 0.2) is 73.1 Å². The lowest BCUT2D eigenvalue weighted by Gasteiger charge is -2.42. The van der Waals surface area contributed by atoms with Crippen LogP contribution in [0.4, 0.5) is 8.78 Å². The molecule has 2 aliphatic heterocycles. The van der Waals surface area contributed by atoms with E-state index in [1.165, 1.54) is 43.0 Å². The lowest BCUT2D eigenvalue weighted by molar-refractivity contribution is -0.152. The standard InChI is InChI=1S/C30H37FN2O4Si.C25H24FN3O5.C7H15NO2/c1-17(2)38(18(3)4,19(5)6)37-29-27-25(16-33(7)30(27)36)23(14-26(34)35)24-13-21(15-32-28(24)29)12-20-8-10-22(31)11-9-20;1-25(2,24(33)34)28-19(30)10-16-17-9-14(8-13-4-6-15(26)7-5-13)11-27-21(17)22(31)20-18(16)12-29(3)23(20)32;1-5(2)10-6(9)7(3,4)8/h8-11,13,15,17-19H,12,14,16H2,1-7H3,(H,34,35);4-7,9,11,31H,8,10,12H2,1-3H3,(H,28,30)(H,33,34);5H,8H2,1-4H3. The number of aliphatic carboxylic acids is 2. The molecule has 0 aliphatic carbocycles. The second-order valence-corrected chi connectivity index (χ2v) is 28.9. The molecule has 0 saturated heterocycles. The Balaban J connectivity index is 0.000000227. The fraction of sp³-hybridized carbons (Fsp3) is 0.419. The molecule has 438 valence electrons. The normalized spacial score (nSPS) is 13.3. The lowest BCUT2D eigenvalue weighted by atomic mass is 9.92. The van der Waals surface area contributed by atoms with Gasteiger partial charge in [0.1, 0.15) is 39.5 Å². The van der Waals surface area contributed by atoms with Crippen molar-refractivity contribution in [2.75, 3.05) is 14.1 Å². The summed E-state index contributed by atoms with van der Waals surface area (Å²) in [6.45, 7) is 23.3. The number of aromatic nitrogens is 2. The van der Waals surface area contributed by atoms with Gasteiger partial charge in [-0.1, -0.05) is 65.8 Å². The number of carbonyl (C=O) groups is 6. The van der Waals surface area contributed by atoms with Crippen LogP contribution in [0.5, 0.6) is 11.5 Å². The Hall–Kier alpha value is -7.84. The molecule has 0 bridgehead atoms. The van der Waals surface area contributed by atoms with Crippen LogP contribution in [0.3, 0.4) is 0 Å². The van der Waals surface area contributed by atoms with Crippen LogP contribution >= 0.6 is 0 Å². The molecule has 0 fully saturated rings. The van der Waals surface area contributed by atoms with Gasteiger partial charge in [-0.05, 0) is 152 Å². The quantitative estimate of drug-likeness (QED) is 0.0421. The van der Waals surface area contributed by atoms with Gasteiger partial charge in [0.15, 0.2) is 5.75 Å². The van der Waals surface area contributed by atoms with E-state index in [2.05, 4.69) is 51.8 Å². The smallest absolute Gasteiger partial charge is 0.328 e. The molecule has 3 amide bonds. The summed E-state index contributed by atoms with van der Waals surface area (Å²) in [7, 11) is 0.851. The van der Waals surface area contributed by atoms with Gasteiger partial charge in [0.05, 0.1) is 30.1 Å². The number of phenolic OH excluding ortho intramolecular Hbond substituents is 1. The Morgan fingerprint density at radius 3 is 1.52 bits per heavy atom. The predicted octanol–water partition coefficient (Wildman–Crippen LogP) is 10.2. The molecule has 8 rings (SSSR count). The van der Waals surface area contributed by atoms with E-state index < -0.39 is 37.2 Å². The number of halogens is 2. The van der Waals surface area contributed by atoms with E-state index >= 15 is 0 Å². The number of fused-ring (bicyclic) bond motifs is 4. The van der Waals surface area contributed by atoms with Crippen molar-refractivity contribution in [2.24, 2.45) is 5.73 Å². The molecule has 2 aliphatic rings. The van der Waals surface area contributed by atoms with Crippen molar-refractivity contribution in [3.8, 4) is 11.5 Å². The fourth-order valence-electron chi connectivity index (χ4n) is 10.8. The van der Waals surface area contributed by atoms with Gasteiger partial charge < -0.3 is 45.3 Å². The van der Waals surface area contributed by atoms with E-state index in [1.807, 2.05) is 6.07 Å². The van der Waals surface area contributed by atoms with Gasteiger partial charge in [-0.3, -0.25) is 33.9 Å². The van der Waals surface area contributed by atoms with Crippen molar-refractivity contribution in [1.29, 1.82) is 0 Å². The van der Waals surface area contributed by atoms with E-state index in [0.29, 0.717) is 69.2 Å². The number of nitrogens with zero attached hydrogens (tertiary/aromatic N) is 4. The monoisotopic (exact) mass is 1150 g/mol. The number of nitrogens with one attached hydrogen (secondary N) is 1. The second kappa shape index (κ2) is 25.1. The maximum Gasteiger partial charge on any atom is 0.328 e. The van der Waals surface area contributed by atoms with Gasteiger partial charge in [-0.25, -0.2) is 13.6 Å². The van der Waals surface area contributed by atoms with Crippen LogP contribution in [-0.4, -0.2) is 110 Å². The maximum atomic E-state index is 13.5. The summed E-state index contributed by atoms with van der Waals surface area (Å²) >= 11 is 0. The Labute approximate surface area is 478 Å². The van der Waals surface area contributed by atoms with Crippen molar-refractivity contribution < 1.29 is 62.0 Å². The third kappa shape index (κ3) is 13.9. The van der Waals surface area contributed by atoms with Crippen LogP contribution < -0.4 is 15.5 Å². The third-order valence-electron chi connectivity index (χ3n) is 14.8. The number of hydrogen-bond donors (Lipinski definition) is 5. The molecule has 82 heavy (non-hydrogen) atoms. The first-order chi connectivity index (χ1) is 38.2. The van der Waals surface area contributed by atoms with Crippen molar-refractivity contribution in [2.45, 2.75) is 156 Å². The van der Waals surface area contributed by atoms with Crippen LogP contribution in [-0.2, 0) is 62.7 Å². The number of rotatable bonds is 17. The molecular formula is C62H76F2N6O11Si. The molecule has 20 heteroatoms. The number of ether oxygens (including phenoxy) is 1. The number of carboxylic acids is 2. The van der Waals surface area contributed by atoms with Gasteiger partial charge in [-0.15, -0.1) is 0 Å². The zero-order valence-electron chi connectivity index (χ0n) is 49.2. The zero-order chi connectivity index (χ0) is 61.1. The number of pyridine rings is 2. The van der Waals surface area contributed by atoms with Crippen LogP contribution in [0.25, 0.3) is 21.8 Å². The molecule has 0 atom stereocenters. The minimum atomic E-state index is -2.47. The highest BCUT2D eigenvalue weighted by Gasteiger charge is 2.49. The van der Waals surface area contributed by atoms with E-state index in [0.717, 1.165) is 22.3 Å². The Bertz CT molecular complexity index is 3410. The maximum absolute atomic E-state index is 13.5. The Morgan fingerprint density at radius 2 is 1.11 bits per heavy atom. The molecule has 0 spiro atoms. The minimum Gasteiger partial charge on any atom is -0.541 e. The van der Waals surface area contributed by atoms with Gasteiger partial charge in [0, 0.05) is 50.4 Å². The molecule has 0 unspecified atom stereocenters. The SMILES string of the molecule is CC(C)OC(=O)C(C)(C)N.CC(C)[Si](Oc1c2c(c(CC(=O)O)c3cc(Cc4ccc(F)cc4)cnc13)CN(C)C2=O)(C(C)C)C(C)C.CN1Cc2c(c(O)c3ncc(Cc4ccc(F)cc4)cc3c2CC(=O)NC(C)(C)C(=O)O)C1=O. The van der Waals surface area contributed by atoms with Gasteiger partial charge >= 0.3 is 17.9 Å². The van der Waals surface area contributed by atoms with E-state index in [-0.39, 0.29) is 88.4 Å². The van der Waals surface area contributed by atoms with Crippen LogP contribution in [0, 0.1) is 11.6 Å². The van der Waals surface area contributed by atoms with Crippen molar-refractivity contribution >= 4 is 65.8 Å². The molecule has 0 saturated carbocycles. The average molecular weight is 1150 g/mol. The Morgan fingerprint density at radius 1 is 0.683 bits per heavy atom. The first-order valence-electron chi connectivity index (χ1n) is 27.2. The van der Waals surface area contributed by atoms with Crippen molar-refractivity contribution in [3.05, 3.63) is 140 Å². The summed E-state index contributed by atoms with van der Waals surface area (Å²) in [5, 5.41) is 33.7. The first kappa shape index (κ1) is 63.3. The molecule has 6 aromatic rings. The summed E-state index contributed by atoms with van der Waals surface area (Å²) < 4.78 is 38.7. The summed E-state index contributed by atoms with van der Waals surface area (Å²) in [4.78, 5) is 85.6. The summed E-state index contributed by atoms with van der Waals surface area (Å²) in [6, 6.07) is 16.1. The topological polar surface area (TPSA) is 252 Å².